The van der Waals surface area contributed by atoms with Crippen LogP contribution in [0.25, 0.3) is 0 Å². The standard InChI is InChI=1S/C8H11N3O3/c12-7(13)5-2-1-4(3-5)6-9-8(14)11-10-6/h4-5H,1-3H2,(H,12,13)(H2,9,10,11,14). The van der Waals surface area contributed by atoms with Crippen molar-refractivity contribution in [3.05, 3.63) is 16.3 Å². The van der Waals surface area contributed by atoms with Crippen LogP contribution in [-0.4, -0.2) is 26.3 Å². The van der Waals surface area contributed by atoms with Gasteiger partial charge in [-0.25, -0.2) is 9.89 Å². The average molecular weight is 197 g/mol. The number of nitrogens with one attached hydrogen (secondary N) is 2. The molecular formula is C8H11N3O3. The van der Waals surface area contributed by atoms with Crippen LogP contribution >= 0.6 is 0 Å². The molecule has 1 aromatic heterocycles. The molecule has 0 aliphatic heterocycles. The van der Waals surface area contributed by atoms with Crippen molar-refractivity contribution in [3.8, 4) is 0 Å². The van der Waals surface area contributed by atoms with E-state index in [-0.39, 0.29) is 17.5 Å². The van der Waals surface area contributed by atoms with E-state index in [2.05, 4.69) is 15.2 Å². The molecule has 6 nitrogen and oxygen atoms in total. The lowest BCUT2D eigenvalue weighted by atomic mass is 10.1. The fourth-order valence-electron chi connectivity index (χ4n) is 1.93. The van der Waals surface area contributed by atoms with Crippen LogP contribution in [0.3, 0.4) is 0 Å². The van der Waals surface area contributed by atoms with Gasteiger partial charge in [-0.05, 0) is 19.3 Å². The number of nitrogens with zero attached hydrogens (tertiary/aromatic N) is 1. The summed E-state index contributed by atoms with van der Waals surface area (Å²) in [5, 5.41) is 14.9. The summed E-state index contributed by atoms with van der Waals surface area (Å²) in [6.45, 7) is 0. The van der Waals surface area contributed by atoms with Gasteiger partial charge in [-0.3, -0.25) is 9.78 Å². The highest BCUT2D eigenvalue weighted by atomic mass is 16.4. The lowest BCUT2D eigenvalue weighted by Gasteiger charge is -2.03. The van der Waals surface area contributed by atoms with E-state index in [0.717, 1.165) is 6.42 Å². The number of carboxylic acids is 1. The van der Waals surface area contributed by atoms with Crippen LogP contribution in [-0.2, 0) is 4.79 Å². The smallest absolute Gasteiger partial charge is 0.340 e. The molecule has 14 heavy (non-hydrogen) atoms. The van der Waals surface area contributed by atoms with E-state index in [1.807, 2.05) is 0 Å². The topological polar surface area (TPSA) is 98.8 Å². The summed E-state index contributed by atoms with van der Waals surface area (Å²) in [6.07, 6.45) is 2.00. The minimum atomic E-state index is -0.759. The molecule has 2 unspecified atom stereocenters. The normalized spacial score (nSPS) is 26.6. The van der Waals surface area contributed by atoms with Crippen molar-refractivity contribution >= 4 is 5.97 Å². The van der Waals surface area contributed by atoms with E-state index >= 15 is 0 Å². The predicted molar refractivity (Wildman–Crippen MR) is 46.9 cm³/mol. The van der Waals surface area contributed by atoms with Gasteiger partial charge >= 0.3 is 11.7 Å². The molecular weight excluding hydrogens is 186 g/mol. The number of rotatable bonds is 2. The summed E-state index contributed by atoms with van der Waals surface area (Å²) in [4.78, 5) is 24.0. The zero-order valence-corrected chi connectivity index (χ0v) is 7.49. The van der Waals surface area contributed by atoms with Gasteiger partial charge in [-0.1, -0.05) is 0 Å². The molecule has 0 spiro atoms. The molecule has 0 amide bonds. The summed E-state index contributed by atoms with van der Waals surface area (Å²) < 4.78 is 0. The molecule has 1 aliphatic carbocycles. The second-order valence-corrected chi connectivity index (χ2v) is 3.61. The van der Waals surface area contributed by atoms with Gasteiger partial charge in [0.25, 0.3) is 0 Å². The van der Waals surface area contributed by atoms with Crippen LogP contribution < -0.4 is 5.69 Å². The largest absolute Gasteiger partial charge is 0.481 e. The average Bonchev–Trinajstić information content (AvgIpc) is 2.70. The molecule has 0 aromatic carbocycles. The fourth-order valence-corrected chi connectivity index (χ4v) is 1.93. The first-order valence-electron chi connectivity index (χ1n) is 4.54. The van der Waals surface area contributed by atoms with Crippen LogP contribution in [0.15, 0.2) is 4.79 Å². The van der Waals surface area contributed by atoms with Crippen molar-refractivity contribution in [2.45, 2.75) is 25.2 Å². The van der Waals surface area contributed by atoms with Crippen molar-refractivity contribution in [1.29, 1.82) is 0 Å². The van der Waals surface area contributed by atoms with E-state index in [1.54, 1.807) is 0 Å². The summed E-state index contributed by atoms with van der Waals surface area (Å²) in [5.41, 5.74) is -0.334. The summed E-state index contributed by atoms with van der Waals surface area (Å²) in [5.74, 6) is -0.389. The molecule has 2 rings (SSSR count). The molecule has 0 radical (unpaired) electrons. The molecule has 3 N–H and O–H groups in total. The van der Waals surface area contributed by atoms with Crippen molar-refractivity contribution in [3.63, 3.8) is 0 Å². The molecule has 1 aromatic rings. The Kier molecular flexibility index (Phi) is 2.11. The zero-order chi connectivity index (χ0) is 10.1. The number of aromatic nitrogens is 3. The lowest BCUT2D eigenvalue weighted by molar-refractivity contribution is -0.141. The predicted octanol–water partition coefficient (Wildman–Crippen LogP) is 0.0663. The molecule has 1 fully saturated rings. The molecule has 1 saturated carbocycles. The Morgan fingerprint density at radius 3 is 2.79 bits per heavy atom. The minimum Gasteiger partial charge on any atom is -0.481 e. The maximum absolute atomic E-state index is 10.8. The minimum absolute atomic E-state index is 0.0787. The number of hydrogen-bond acceptors (Lipinski definition) is 3. The Morgan fingerprint density at radius 2 is 2.29 bits per heavy atom. The second kappa shape index (κ2) is 3.28. The highest BCUT2D eigenvalue weighted by Gasteiger charge is 2.32. The first-order valence-corrected chi connectivity index (χ1v) is 4.54. The number of H-pyrrole nitrogens is 2. The third kappa shape index (κ3) is 1.55. The van der Waals surface area contributed by atoms with Crippen molar-refractivity contribution in [2.75, 3.05) is 0 Å². The van der Waals surface area contributed by atoms with Crippen LogP contribution in [0.2, 0.25) is 0 Å². The third-order valence-electron chi connectivity index (χ3n) is 2.69. The number of aliphatic carboxylic acids is 1. The molecule has 6 heteroatoms. The Hall–Kier alpha value is -1.59. The first kappa shape index (κ1) is 8.98. The van der Waals surface area contributed by atoms with Crippen molar-refractivity contribution in [1.82, 2.24) is 15.2 Å². The van der Waals surface area contributed by atoms with E-state index in [9.17, 15) is 9.59 Å². The van der Waals surface area contributed by atoms with Gasteiger partial charge in [0, 0.05) is 5.92 Å². The Labute approximate surface area is 79.3 Å². The lowest BCUT2D eigenvalue weighted by Crippen LogP contribution is -2.09. The molecule has 76 valence electrons. The monoisotopic (exact) mass is 197 g/mol. The zero-order valence-electron chi connectivity index (χ0n) is 7.49. The number of carboxylic acid groups (broad SMARTS) is 1. The van der Waals surface area contributed by atoms with E-state index < -0.39 is 5.97 Å². The molecule has 2 atom stereocenters. The van der Waals surface area contributed by atoms with Gasteiger partial charge in [-0.2, -0.15) is 5.10 Å². The van der Waals surface area contributed by atoms with Crippen LogP contribution in [0, 0.1) is 5.92 Å². The van der Waals surface area contributed by atoms with E-state index in [0.29, 0.717) is 18.7 Å². The summed E-state index contributed by atoms with van der Waals surface area (Å²) in [6, 6.07) is 0. The van der Waals surface area contributed by atoms with Gasteiger partial charge in [0.2, 0.25) is 0 Å². The number of carbonyl (C=O) groups is 1. The Balaban J connectivity index is 2.09. The second-order valence-electron chi connectivity index (χ2n) is 3.61. The molecule has 0 bridgehead atoms. The first-order chi connectivity index (χ1) is 6.66. The molecule has 0 saturated heterocycles. The number of aromatic amines is 2. The van der Waals surface area contributed by atoms with Gasteiger partial charge in [-0.15, -0.1) is 0 Å². The van der Waals surface area contributed by atoms with E-state index in [1.165, 1.54) is 0 Å². The fraction of sp³-hybridized carbons (Fsp3) is 0.625. The third-order valence-corrected chi connectivity index (χ3v) is 2.69. The summed E-state index contributed by atoms with van der Waals surface area (Å²) in [7, 11) is 0. The Bertz CT molecular complexity index is 395. The van der Waals surface area contributed by atoms with Gasteiger partial charge in [0.05, 0.1) is 5.92 Å². The highest BCUT2D eigenvalue weighted by molar-refractivity contribution is 5.70. The quantitative estimate of drug-likeness (QED) is 0.624. The highest BCUT2D eigenvalue weighted by Crippen LogP contribution is 2.36. The van der Waals surface area contributed by atoms with Gasteiger partial charge in [0.15, 0.2) is 0 Å². The van der Waals surface area contributed by atoms with Crippen LogP contribution in [0.4, 0.5) is 0 Å². The maximum atomic E-state index is 10.8. The van der Waals surface area contributed by atoms with E-state index in [4.69, 9.17) is 5.11 Å². The van der Waals surface area contributed by atoms with Crippen LogP contribution in [0.5, 0.6) is 0 Å². The maximum Gasteiger partial charge on any atom is 0.340 e. The van der Waals surface area contributed by atoms with Crippen molar-refractivity contribution < 1.29 is 9.90 Å². The Morgan fingerprint density at radius 1 is 1.50 bits per heavy atom. The van der Waals surface area contributed by atoms with Crippen LogP contribution in [0.1, 0.15) is 31.0 Å². The van der Waals surface area contributed by atoms with Gasteiger partial charge in [0.1, 0.15) is 5.82 Å². The summed E-state index contributed by atoms with van der Waals surface area (Å²) >= 11 is 0. The molecule has 1 heterocycles. The van der Waals surface area contributed by atoms with Crippen molar-refractivity contribution in [2.24, 2.45) is 5.92 Å². The van der Waals surface area contributed by atoms with Gasteiger partial charge < -0.3 is 5.11 Å². The number of hydrogen-bond donors (Lipinski definition) is 3. The molecule has 1 aliphatic rings. The SMILES string of the molecule is O=C(O)C1CCC(c2n[nH]c(=O)[nH]2)C1.